The Morgan fingerprint density at radius 1 is 0.893 bits per heavy atom. The third kappa shape index (κ3) is 3.76. The van der Waals surface area contributed by atoms with Crippen LogP contribution < -0.4 is 0 Å². The van der Waals surface area contributed by atoms with Gasteiger partial charge in [-0.3, -0.25) is 0 Å². The summed E-state index contributed by atoms with van der Waals surface area (Å²) in [6, 6.07) is 19.1. The van der Waals surface area contributed by atoms with E-state index < -0.39 is 0 Å². The fourth-order valence-corrected chi connectivity index (χ4v) is 4.65. The summed E-state index contributed by atoms with van der Waals surface area (Å²) in [6.45, 7) is 4.11. The molecule has 3 aromatic carbocycles. The monoisotopic (exact) mass is 372 g/mol. The normalized spacial score (nSPS) is 20.1. The molecule has 1 saturated carbocycles. The SMILES string of the molecule is C/C=C/C1CCC(c2ccc(-c3ccc4c(F)c(CC)ccc4c3)cc2)CC1. The summed E-state index contributed by atoms with van der Waals surface area (Å²) in [4.78, 5) is 0. The van der Waals surface area contributed by atoms with Crippen LogP contribution in [0.3, 0.4) is 0 Å². The number of hydrogen-bond acceptors (Lipinski definition) is 0. The summed E-state index contributed by atoms with van der Waals surface area (Å²) in [6.07, 6.45) is 10.4. The number of hydrogen-bond donors (Lipinski definition) is 0. The maximum atomic E-state index is 14.5. The first kappa shape index (κ1) is 18.9. The fraction of sp³-hybridized carbons (Fsp3) is 0.333. The van der Waals surface area contributed by atoms with Gasteiger partial charge in [0.15, 0.2) is 0 Å². The van der Waals surface area contributed by atoms with Crippen molar-refractivity contribution < 1.29 is 4.39 Å². The highest BCUT2D eigenvalue weighted by molar-refractivity contribution is 5.88. The van der Waals surface area contributed by atoms with Crippen LogP contribution in [0.2, 0.25) is 0 Å². The minimum atomic E-state index is -0.0737. The van der Waals surface area contributed by atoms with Crippen molar-refractivity contribution in [1.29, 1.82) is 0 Å². The molecule has 0 heterocycles. The van der Waals surface area contributed by atoms with Gasteiger partial charge in [0.1, 0.15) is 5.82 Å². The average Bonchev–Trinajstić information content (AvgIpc) is 2.75. The van der Waals surface area contributed by atoms with Crippen LogP contribution in [0.1, 0.15) is 56.6 Å². The number of aryl methyl sites for hydroxylation is 1. The Labute approximate surface area is 168 Å². The molecule has 0 spiro atoms. The first-order valence-electron chi connectivity index (χ1n) is 10.6. The first-order chi connectivity index (χ1) is 13.7. The van der Waals surface area contributed by atoms with E-state index in [2.05, 4.69) is 49.4 Å². The zero-order valence-electron chi connectivity index (χ0n) is 16.9. The predicted molar refractivity (Wildman–Crippen MR) is 118 cm³/mol. The molecule has 1 heteroatoms. The molecule has 144 valence electrons. The molecule has 0 atom stereocenters. The Morgan fingerprint density at radius 2 is 1.61 bits per heavy atom. The van der Waals surface area contributed by atoms with E-state index in [-0.39, 0.29) is 5.82 Å². The molecule has 0 unspecified atom stereocenters. The second-order valence-corrected chi connectivity index (χ2v) is 8.09. The quantitative estimate of drug-likeness (QED) is 0.406. The maximum absolute atomic E-state index is 14.5. The molecule has 1 aliphatic carbocycles. The number of benzene rings is 3. The topological polar surface area (TPSA) is 0 Å². The predicted octanol–water partition coefficient (Wildman–Crippen LogP) is 8.06. The van der Waals surface area contributed by atoms with Crippen LogP contribution in [0.4, 0.5) is 4.39 Å². The molecule has 28 heavy (non-hydrogen) atoms. The van der Waals surface area contributed by atoms with Crippen LogP contribution in [0.25, 0.3) is 21.9 Å². The molecule has 0 aromatic heterocycles. The van der Waals surface area contributed by atoms with E-state index in [1.807, 2.05) is 31.2 Å². The first-order valence-corrected chi connectivity index (χ1v) is 10.6. The molecule has 3 aromatic rings. The Hall–Kier alpha value is -2.41. The van der Waals surface area contributed by atoms with Gasteiger partial charge in [0, 0.05) is 5.39 Å². The summed E-state index contributed by atoms with van der Waals surface area (Å²) in [5, 5.41) is 1.69. The van der Waals surface area contributed by atoms with Crippen LogP contribution >= 0.6 is 0 Å². The van der Waals surface area contributed by atoms with E-state index in [0.29, 0.717) is 5.92 Å². The van der Waals surface area contributed by atoms with Crippen LogP contribution in [0.15, 0.2) is 66.7 Å². The van der Waals surface area contributed by atoms with Crippen molar-refractivity contribution in [3.8, 4) is 11.1 Å². The van der Waals surface area contributed by atoms with E-state index in [4.69, 9.17) is 0 Å². The Kier molecular flexibility index (Phi) is 5.62. The van der Waals surface area contributed by atoms with Gasteiger partial charge in [-0.05, 0) is 84.6 Å². The van der Waals surface area contributed by atoms with Crippen LogP contribution in [0.5, 0.6) is 0 Å². The van der Waals surface area contributed by atoms with Crippen molar-refractivity contribution in [3.05, 3.63) is 83.7 Å². The molecule has 0 radical (unpaired) electrons. The Morgan fingerprint density at radius 3 is 2.29 bits per heavy atom. The number of rotatable bonds is 4. The molecule has 1 aliphatic rings. The molecule has 1 fully saturated rings. The molecule has 0 saturated heterocycles. The van der Waals surface area contributed by atoms with Gasteiger partial charge in [0.05, 0.1) is 0 Å². The Balaban J connectivity index is 1.54. The van der Waals surface area contributed by atoms with E-state index in [0.717, 1.165) is 34.2 Å². The van der Waals surface area contributed by atoms with E-state index >= 15 is 0 Å². The van der Waals surface area contributed by atoms with Gasteiger partial charge in [-0.1, -0.05) is 67.6 Å². The molecule has 0 nitrogen and oxygen atoms in total. The fourth-order valence-electron chi connectivity index (χ4n) is 4.65. The van der Waals surface area contributed by atoms with E-state index in [1.54, 1.807) is 0 Å². The highest BCUT2D eigenvalue weighted by Crippen LogP contribution is 2.37. The summed E-state index contributed by atoms with van der Waals surface area (Å²) in [7, 11) is 0. The molecule has 0 aliphatic heterocycles. The lowest BCUT2D eigenvalue weighted by Gasteiger charge is -2.27. The standard InChI is InChI=1S/C27H29F/c1-3-5-19-6-8-21(9-7-19)22-11-13-23(14-12-22)24-16-17-26-25(18-24)15-10-20(4-2)27(26)28/h3,5,10-19,21H,4,6-9H2,1-2H3/b5-3+. The second-order valence-electron chi connectivity index (χ2n) is 8.09. The zero-order valence-corrected chi connectivity index (χ0v) is 16.9. The molecular formula is C27H29F. The smallest absolute Gasteiger partial charge is 0.134 e. The molecule has 0 amide bonds. The van der Waals surface area contributed by atoms with Gasteiger partial charge in [0.25, 0.3) is 0 Å². The molecule has 0 bridgehead atoms. The third-order valence-electron chi connectivity index (χ3n) is 6.37. The third-order valence-corrected chi connectivity index (χ3v) is 6.37. The number of fused-ring (bicyclic) bond motifs is 1. The lowest BCUT2D eigenvalue weighted by molar-refractivity contribution is 0.376. The molecule has 0 N–H and O–H groups in total. The number of halogens is 1. The zero-order chi connectivity index (χ0) is 19.5. The number of allylic oxidation sites excluding steroid dienone is 2. The maximum Gasteiger partial charge on any atom is 0.134 e. The van der Waals surface area contributed by atoms with Gasteiger partial charge >= 0.3 is 0 Å². The highest BCUT2D eigenvalue weighted by atomic mass is 19.1. The van der Waals surface area contributed by atoms with Crippen LogP contribution in [-0.2, 0) is 6.42 Å². The van der Waals surface area contributed by atoms with E-state index in [9.17, 15) is 4.39 Å². The van der Waals surface area contributed by atoms with Gasteiger partial charge in [-0.2, -0.15) is 0 Å². The van der Waals surface area contributed by atoms with Crippen LogP contribution in [-0.4, -0.2) is 0 Å². The van der Waals surface area contributed by atoms with Gasteiger partial charge in [-0.25, -0.2) is 4.39 Å². The van der Waals surface area contributed by atoms with Crippen molar-refractivity contribution in [2.45, 2.75) is 51.9 Å². The van der Waals surface area contributed by atoms with Crippen molar-refractivity contribution in [3.63, 3.8) is 0 Å². The van der Waals surface area contributed by atoms with Crippen molar-refractivity contribution in [1.82, 2.24) is 0 Å². The summed E-state index contributed by atoms with van der Waals surface area (Å²) in [5.74, 6) is 1.39. The molecule has 4 rings (SSSR count). The highest BCUT2D eigenvalue weighted by Gasteiger charge is 2.20. The second kappa shape index (κ2) is 8.31. The van der Waals surface area contributed by atoms with Gasteiger partial charge in [-0.15, -0.1) is 0 Å². The molecular weight excluding hydrogens is 343 g/mol. The lowest BCUT2D eigenvalue weighted by Crippen LogP contribution is -2.11. The van der Waals surface area contributed by atoms with Crippen molar-refractivity contribution in [2.24, 2.45) is 5.92 Å². The average molecular weight is 373 g/mol. The summed E-state index contributed by atoms with van der Waals surface area (Å²) >= 11 is 0. The summed E-state index contributed by atoms with van der Waals surface area (Å²) < 4.78 is 14.5. The Bertz CT molecular complexity index is 973. The van der Waals surface area contributed by atoms with Crippen molar-refractivity contribution >= 4 is 10.8 Å². The largest absolute Gasteiger partial charge is 0.206 e. The van der Waals surface area contributed by atoms with Crippen LogP contribution in [0, 0.1) is 11.7 Å². The lowest BCUT2D eigenvalue weighted by atomic mass is 9.78. The van der Waals surface area contributed by atoms with Crippen molar-refractivity contribution in [2.75, 3.05) is 0 Å². The minimum absolute atomic E-state index is 0.0737. The van der Waals surface area contributed by atoms with E-state index in [1.165, 1.54) is 36.8 Å². The minimum Gasteiger partial charge on any atom is -0.206 e. The summed E-state index contributed by atoms with van der Waals surface area (Å²) in [5.41, 5.74) is 4.60. The van der Waals surface area contributed by atoms with Gasteiger partial charge < -0.3 is 0 Å². The van der Waals surface area contributed by atoms with Gasteiger partial charge in [0.2, 0.25) is 0 Å².